The molecule has 1 saturated carbocycles. The highest BCUT2D eigenvalue weighted by molar-refractivity contribution is 5.87. The van der Waals surface area contributed by atoms with E-state index in [1.807, 2.05) is 17.3 Å². The molecule has 1 aromatic heterocycles. The van der Waals surface area contributed by atoms with Gasteiger partial charge in [-0.3, -0.25) is 19.6 Å². The summed E-state index contributed by atoms with van der Waals surface area (Å²) in [6, 6.07) is -0.353. The molecule has 2 amide bonds. The van der Waals surface area contributed by atoms with Crippen molar-refractivity contribution in [2.75, 3.05) is 26.2 Å². The first-order valence-electron chi connectivity index (χ1n) is 8.87. The minimum Gasteiger partial charge on any atom is -0.345 e. The van der Waals surface area contributed by atoms with Gasteiger partial charge in [-0.05, 0) is 12.3 Å². The molecule has 1 saturated heterocycles. The first-order chi connectivity index (χ1) is 11.6. The van der Waals surface area contributed by atoms with Crippen molar-refractivity contribution < 1.29 is 9.59 Å². The number of carbonyl (C=O) groups excluding carboxylic acids is 2. The maximum atomic E-state index is 12.8. The molecule has 1 aliphatic carbocycles. The van der Waals surface area contributed by atoms with Crippen LogP contribution in [-0.2, 0) is 16.1 Å². The molecule has 24 heavy (non-hydrogen) atoms. The zero-order chi connectivity index (χ0) is 16.9. The summed E-state index contributed by atoms with van der Waals surface area (Å²) in [6.07, 6.45) is 8.14. The van der Waals surface area contributed by atoms with Crippen LogP contribution in [0.15, 0.2) is 12.4 Å². The molecular weight excluding hydrogens is 306 g/mol. The van der Waals surface area contributed by atoms with Gasteiger partial charge < -0.3 is 10.2 Å². The molecule has 1 aliphatic heterocycles. The van der Waals surface area contributed by atoms with Gasteiger partial charge in [0.1, 0.15) is 6.04 Å². The number of hydrogen-bond acceptors (Lipinski definition) is 4. The molecule has 3 rings (SSSR count). The Morgan fingerprint density at radius 1 is 1.33 bits per heavy atom. The predicted octanol–water partition coefficient (Wildman–Crippen LogP) is 0.749. The number of H-pyrrole nitrogens is 1. The Morgan fingerprint density at radius 3 is 2.62 bits per heavy atom. The van der Waals surface area contributed by atoms with Crippen molar-refractivity contribution >= 4 is 11.8 Å². The van der Waals surface area contributed by atoms with Crippen molar-refractivity contribution in [3.8, 4) is 0 Å². The summed E-state index contributed by atoms with van der Waals surface area (Å²) in [4.78, 5) is 28.5. The van der Waals surface area contributed by atoms with E-state index in [2.05, 4.69) is 20.4 Å². The lowest BCUT2D eigenvalue weighted by molar-refractivity contribution is -0.138. The molecule has 0 radical (unpaired) electrons. The molecule has 7 heteroatoms. The largest absolute Gasteiger partial charge is 0.345 e. The zero-order valence-electron chi connectivity index (χ0n) is 14.3. The second-order valence-corrected chi connectivity index (χ2v) is 6.99. The van der Waals surface area contributed by atoms with Crippen molar-refractivity contribution in [3.05, 3.63) is 18.0 Å². The van der Waals surface area contributed by atoms with Crippen LogP contribution in [0.5, 0.6) is 0 Å². The van der Waals surface area contributed by atoms with Gasteiger partial charge in [-0.15, -0.1) is 0 Å². The number of rotatable bonds is 6. The van der Waals surface area contributed by atoms with Crippen LogP contribution in [0.3, 0.4) is 0 Å². The second-order valence-electron chi connectivity index (χ2n) is 6.99. The van der Waals surface area contributed by atoms with Crippen molar-refractivity contribution in [1.82, 2.24) is 25.3 Å². The maximum Gasteiger partial charge on any atom is 0.245 e. The lowest BCUT2D eigenvalue weighted by Crippen LogP contribution is -2.55. The molecule has 1 atom stereocenters. The summed E-state index contributed by atoms with van der Waals surface area (Å²) >= 11 is 0. The zero-order valence-corrected chi connectivity index (χ0v) is 14.3. The van der Waals surface area contributed by atoms with Crippen LogP contribution in [0.1, 0.15) is 38.2 Å². The van der Waals surface area contributed by atoms with E-state index in [0.29, 0.717) is 5.92 Å². The normalized spacial score (nSPS) is 20.5. The van der Waals surface area contributed by atoms with E-state index in [-0.39, 0.29) is 17.9 Å². The summed E-state index contributed by atoms with van der Waals surface area (Å²) in [6.45, 7) is 5.49. The number of piperazine rings is 1. The van der Waals surface area contributed by atoms with Crippen LogP contribution in [0.25, 0.3) is 0 Å². The average molecular weight is 333 g/mol. The van der Waals surface area contributed by atoms with E-state index >= 15 is 0 Å². The molecule has 2 aliphatic rings. The van der Waals surface area contributed by atoms with E-state index < -0.39 is 0 Å². The number of nitrogens with zero attached hydrogens (tertiary/aromatic N) is 3. The number of aromatic amines is 1. The van der Waals surface area contributed by atoms with Crippen LogP contribution < -0.4 is 5.32 Å². The van der Waals surface area contributed by atoms with Gasteiger partial charge in [-0.2, -0.15) is 5.10 Å². The average Bonchev–Trinajstić information content (AvgIpc) is 3.02. The third-order valence-corrected chi connectivity index (χ3v) is 5.11. The number of hydrogen-bond donors (Lipinski definition) is 2. The standard InChI is InChI=1S/C17H27N5O2/c1-13(23)20-16(9-14-3-2-4-14)17(24)22-7-5-21(6-8-22)12-15-10-18-19-11-15/h10-11,14,16H,2-9,12H2,1H3,(H,18,19)(H,20,23)/t16-/m1/s1. The van der Waals surface area contributed by atoms with Crippen LogP contribution in [-0.4, -0.2) is 64.0 Å². The molecule has 2 heterocycles. The molecule has 0 aromatic carbocycles. The Bertz CT molecular complexity index is 547. The third-order valence-electron chi connectivity index (χ3n) is 5.11. The number of aromatic nitrogens is 2. The van der Waals surface area contributed by atoms with Gasteiger partial charge in [0.2, 0.25) is 11.8 Å². The first-order valence-corrected chi connectivity index (χ1v) is 8.87. The van der Waals surface area contributed by atoms with Gasteiger partial charge >= 0.3 is 0 Å². The Balaban J connectivity index is 1.50. The Kier molecular flexibility index (Phi) is 5.50. The Hall–Kier alpha value is -1.89. The summed E-state index contributed by atoms with van der Waals surface area (Å²) in [5.41, 5.74) is 1.16. The van der Waals surface area contributed by atoms with E-state index in [1.165, 1.54) is 26.2 Å². The molecular formula is C17H27N5O2. The monoisotopic (exact) mass is 333 g/mol. The van der Waals surface area contributed by atoms with Gasteiger partial charge in [-0.25, -0.2) is 0 Å². The molecule has 0 spiro atoms. The second kappa shape index (κ2) is 7.79. The van der Waals surface area contributed by atoms with Crippen LogP contribution in [0, 0.1) is 5.92 Å². The molecule has 2 fully saturated rings. The molecule has 0 unspecified atom stereocenters. The summed E-state index contributed by atoms with van der Waals surface area (Å²) in [7, 11) is 0. The van der Waals surface area contributed by atoms with E-state index in [9.17, 15) is 9.59 Å². The van der Waals surface area contributed by atoms with Gasteiger partial charge in [0.05, 0.1) is 6.20 Å². The molecule has 0 bridgehead atoms. The third kappa shape index (κ3) is 4.35. The fourth-order valence-electron chi connectivity index (χ4n) is 3.50. The summed E-state index contributed by atoms with van der Waals surface area (Å²) < 4.78 is 0. The van der Waals surface area contributed by atoms with Gasteiger partial charge in [-0.1, -0.05) is 19.3 Å². The highest BCUT2D eigenvalue weighted by Gasteiger charge is 2.31. The lowest BCUT2D eigenvalue weighted by Gasteiger charge is -2.37. The Labute approximate surface area is 142 Å². The van der Waals surface area contributed by atoms with Crippen LogP contribution in [0.4, 0.5) is 0 Å². The SMILES string of the molecule is CC(=O)N[C@H](CC1CCC1)C(=O)N1CCN(Cc2cn[nH]c2)CC1. The first kappa shape index (κ1) is 17.0. The molecule has 132 valence electrons. The quantitative estimate of drug-likeness (QED) is 0.805. The Morgan fingerprint density at radius 2 is 2.08 bits per heavy atom. The minimum absolute atomic E-state index is 0.0834. The van der Waals surface area contributed by atoms with Gasteiger partial charge in [0.15, 0.2) is 0 Å². The van der Waals surface area contributed by atoms with Crippen molar-refractivity contribution in [2.45, 2.75) is 45.2 Å². The highest BCUT2D eigenvalue weighted by Crippen LogP contribution is 2.31. The maximum absolute atomic E-state index is 12.8. The predicted molar refractivity (Wildman–Crippen MR) is 90.0 cm³/mol. The highest BCUT2D eigenvalue weighted by atomic mass is 16.2. The smallest absolute Gasteiger partial charge is 0.245 e. The number of carbonyl (C=O) groups is 2. The fourth-order valence-corrected chi connectivity index (χ4v) is 3.50. The van der Waals surface area contributed by atoms with E-state index in [0.717, 1.165) is 44.7 Å². The topological polar surface area (TPSA) is 81.3 Å². The van der Waals surface area contributed by atoms with Gasteiger partial charge in [0.25, 0.3) is 0 Å². The summed E-state index contributed by atoms with van der Waals surface area (Å²) in [5, 5.41) is 9.66. The van der Waals surface area contributed by atoms with E-state index in [1.54, 1.807) is 0 Å². The van der Waals surface area contributed by atoms with Crippen molar-refractivity contribution in [2.24, 2.45) is 5.92 Å². The van der Waals surface area contributed by atoms with Crippen molar-refractivity contribution in [3.63, 3.8) is 0 Å². The number of amides is 2. The van der Waals surface area contributed by atoms with Crippen LogP contribution >= 0.6 is 0 Å². The summed E-state index contributed by atoms with van der Waals surface area (Å²) in [5.74, 6) is 0.555. The molecule has 2 N–H and O–H groups in total. The molecule has 1 aromatic rings. The van der Waals surface area contributed by atoms with Crippen LogP contribution in [0.2, 0.25) is 0 Å². The number of nitrogens with one attached hydrogen (secondary N) is 2. The van der Waals surface area contributed by atoms with Crippen molar-refractivity contribution in [1.29, 1.82) is 0 Å². The fraction of sp³-hybridized carbons (Fsp3) is 0.706. The lowest BCUT2D eigenvalue weighted by atomic mass is 9.80. The van der Waals surface area contributed by atoms with Gasteiger partial charge in [0, 0.05) is 51.4 Å². The molecule has 7 nitrogen and oxygen atoms in total. The minimum atomic E-state index is -0.353. The van der Waals surface area contributed by atoms with E-state index in [4.69, 9.17) is 0 Å².